The van der Waals surface area contributed by atoms with Crippen molar-refractivity contribution in [1.29, 1.82) is 0 Å². The van der Waals surface area contributed by atoms with Crippen molar-refractivity contribution in [2.75, 3.05) is 26.5 Å². The molecule has 3 aromatic rings. The van der Waals surface area contributed by atoms with Gasteiger partial charge in [0.05, 0.1) is 17.7 Å². The highest BCUT2D eigenvalue weighted by atomic mass is 35.5. The third kappa shape index (κ3) is 4.59. The fourth-order valence-corrected chi connectivity index (χ4v) is 4.31. The maximum Gasteiger partial charge on any atom is 0.275 e. The lowest BCUT2D eigenvalue weighted by Crippen LogP contribution is -2.22. The molecule has 10 heteroatoms. The Labute approximate surface area is 178 Å². The van der Waals surface area contributed by atoms with Gasteiger partial charge in [0.15, 0.2) is 0 Å². The number of carbonyl (C=O) groups excluding carboxylic acids is 1. The number of nitrogens with one attached hydrogen (secondary N) is 1. The van der Waals surface area contributed by atoms with E-state index in [9.17, 15) is 13.2 Å². The molecule has 0 unspecified atom stereocenters. The molecule has 3 rings (SSSR count). The second kappa shape index (κ2) is 8.50. The number of thiazole rings is 1. The van der Waals surface area contributed by atoms with Crippen LogP contribution in [0.4, 0.5) is 5.69 Å². The fraction of sp³-hybridized carbons (Fsp3) is 0.158. The largest absolute Gasteiger partial charge is 0.495 e. The number of hydrogen-bond acceptors (Lipinski definition) is 6. The topological polar surface area (TPSA) is 88.6 Å². The van der Waals surface area contributed by atoms with E-state index in [1.165, 1.54) is 50.7 Å². The normalized spacial score (nSPS) is 11.5. The first-order valence-electron chi connectivity index (χ1n) is 8.36. The minimum absolute atomic E-state index is 0.0405. The minimum atomic E-state index is -3.66. The molecule has 0 aliphatic carbocycles. The van der Waals surface area contributed by atoms with Crippen molar-refractivity contribution < 1.29 is 17.9 Å². The molecule has 7 nitrogen and oxygen atoms in total. The van der Waals surface area contributed by atoms with E-state index in [0.29, 0.717) is 15.8 Å². The second-order valence-corrected chi connectivity index (χ2v) is 9.59. The molecule has 0 saturated carbocycles. The molecule has 29 heavy (non-hydrogen) atoms. The summed E-state index contributed by atoms with van der Waals surface area (Å²) in [5.74, 6) is -0.136. The lowest BCUT2D eigenvalue weighted by molar-refractivity contribution is 0.102. The van der Waals surface area contributed by atoms with Gasteiger partial charge in [-0.15, -0.1) is 11.3 Å². The van der Waals surface area contributed by atoms with Crippen molar-refractivity contribution in [1.82, 2.24) is 9.29 Å². The van der Waals surface area contributed by atoms with Crippen LogP contribution in [0.5, 0.6) is 5.75 Å². The fourth-order valence-electron chi connectivity index (χ4n) is 2.45. The quantitative estimate of drug-likeness (QED) is 0.612. The van der Waals surface area contributed by atoms with E-state index in [-0.39, 0.29) is 16.3 Å². The average Bonchev–Trinajstić information content (AvgIpc) is 3.18. The van der Waals surface area contributed by atoms with Crippen molar-refractivity contribution in [3.05, 3.63) is 58.6 Å². The van der Waals surface area contributed by atoms with Crippen molar-refractivity contribution in [2.45, 2.75) is 4.90 Å². The Balaban J connectivity index is 1.88. The van der Waals surface area contributed by atoms with Crippen molar-refractivity contribution in [2.24, 2.45) is 0 Å². The van der Waals surface area contributed by atoms with Crippen LogP contribution in [0.15, 0.2) is 52.7 Å². The number of aromatic nitrogens is 1. The number of ether oxygens (including phenoxy) is 1. The van der Waals surface area contributed by atoms with E-state index in [1.54, 1.807) is 17.5 Å². The molecular formula is C19H18ClN3O4S2. The van der Waals surface area contributed by atoms with Gasteiger partial charge in [0.25, 0.3) is 5.91 Å². The number of nitrogens with zero attached hydrogens (tertiary/aromatic N) is 2. The first kappa shape index (κ1) is 21.3. The molecule has 0 fully saturated rings. The average molecular weight is 452 g/mol. The van der Waals surface area contributed by atoms with E-state index < -0.39 is 15.9 Å². The third-order valence-electron chi connectivity index (χ3n) is 4.03. The Morgan fingerprint density at radius 2 is 1.86 bits per heavy atom. The summed E-state index contributed by atoms with van der Waals surface area (Å²) in [5.41, 5.74) is 1.29. The minimum Gasteiger partial charge on any atom is -0.495 e. The Kier molecular flexibility index (Phi) is 6.23. The summed E-state index contributed by atoms with van der Waals surface area (Å²) >= 11 is 7.22. The van der Waals surface area contributed by atoms with Crippen LogP contribution in [-0.4, -0.2) is 44.8 Å². The summed E-state index contributed by atoms with van der Waals surface area (Å²) in [6.45, 7) is 0. The zero-order valence-electron chi connectivity index (χ0n) is 15.8. The highest BCUT2D eigenvalue weighted by Crippen LogP contribution is 2.30. The molecule has 0 aliphatic rings. The predicted octanol–water partition coefficient (Wildman–Crippen LogP) is 3.97. The van der Waals surface area contributed by atoms with Gasteiger partial charge in [-0.25, -0.2) is 17.7 Å². The molecule has 1 amide bonds. The number of methoxy groups -OCH3 is 1. The van der Waals surface area contributed by atoms with Crippen LogP contribution in [0, 0.1) is 0 Å². The van der Waals surface area contributed by atoms with E-state index in [1.807, 2.05) is 12.1 Å². The molecular weight excluding hydrogens is 434 g/mol. The molecule has 0 saturated heterocycles. The summed E-state index contributed by atoms with van der Waals surface area (Å²) < 4.78 is 31.1. The molecule has 1 N–H and O–H groups in total. The van der Waals surface area contributed by atoms with Crippen LogP contribution >= 0.6 is 22.9 Å². The highest BCUT2D eigenvalue weighted by Gasteiger charge is 2.21. The Morgan fingerprint density at radius 3 is 2.48 bits per heavy atom. The number of benzene rings is 2. The predicted molar refractivity (Wildman–Crippen MR) is 114 cm³/mol. The Bertz CT molecular complexity index is 1140. The van der Waals surface area contributed by atoms with Gasteiger partial charge in [0, 0.05) is 30.1 Å². The van der Waals surface area contributed by atoms with Crippen LogP contribution in [0.25, 0.3) is 10.6 Å². The number of rotatable bonds is 6. The number of hydrogen-bond donors (Lipinski definition) is 1. The van der Waals surface area contributed by atoms with Gasteiger partial charge in [-0.05, 0) is 30.3 Å². The van der Waals surface area contributed by atoms with Gasteiger partial charge < -0.3 is 10.1 Å². The van der Waals surface area contributed by atoms with Crippen LogP contribution in [0.2, 0.25) is 5.02 Å². The summed E-state index contributed by atoms with van der Waals surface area (Å²) in [7, 11) is 0.651. The van der Waals surface area contributed by atoms with Gasteiger partial charge in [0.2, 0.25) is 10.0 Å². The molecule has 1 heterocycles. The van der Waals surface area contributed by atoms with E-state index >= 15 is 0 Å². The number of anilines is 1. The third-order valence-corrected chi connectivity index (χ3v) is 6.98. The zero-order chi connectivity index (χ0) is 21.2. The number of carbonyl (C=O) groups is 1. The van der Waals surface area contributed by atoms with E-state index in [4.69, 9.17) is 16.3 Å². The summed E-state index contributed by atoms with van der Waals surface area (Å²) in [4.78, 5) is 17.1. The van der Waals surface area contributed by atoms with Gasteiger partial charge in [-0.3, -0.25) is 4.79 Å². The van der Waals surface area contributed by atoms with Gasteiger partial charge in [-0.2, -0.15) is 0 Å². The number of halogens is 1. The standard InChI is InChI=1S/C19H18ClN3O4S2/c1-23(2)29(25,26)14-8-9-17(27-3)15(10-14)21-18(24)16-11-28-19(22-16)12-4-6-13(20)7-5-12/h4-11H,1-3H3,(H,21,24). The van der Waals surface area contributed by atoms with Gasteiger partial charge >= 0.3 is 0 Å². The van der Waals surface area contributed by atoms with Crippen molar-refractivity contribution in [3.63, 3.8) is 0 Å². The summed E-state index contributed by atoms with van der Waals surface area (Å²) in [6, 6.07) is 11.4. The molecule has 0 spiro atoms. The van der Waals surface area contributed by atoms with Gasteiger partial charge in [-0.1, -0.05) is 23.7 Å². The van der Waals surface area contributed by atoms with Crippen LogP contribution < -0.4 is 10.1 Å². The second-order valence-electron chi connectivity index (χ2n) is 6.15. The summed E-state index contributed by atoms with van der Waals surface area (Å²) in [5, 5.41) is 5.59. The number of amides is 1. The molecule has 0 atom stereocenters. The monoisotopic (exact) mass is 451 g/mol. The van der Waals surface area contributed by atoms with Crippen LogP contribution in [-0.2, 0) is 10.0 Å². The van der Waals surface area contributed by atoms with Gasteiger partial charge in [0.1, 0.15) is 16.5 Å². The van der Waals surface area contributed by atoms with Crippen LogP contribution in [0.1, 0.15) is 10.5 Å². The summed E-state index contributed by atoms with van der Waals surface area (Å²) in [6.07, 6.45) is 0. The molecule has 1 aromatic heterocycles. The molecule has 0 aliphatic heterocycles. The zero-order valence-corrected chi connectivity index (χ0v) is 18.2. The maximum absolute atomic E-state index is 12.7. The SMILES string of the molecule is COc1ccc(S(=O)(=O)N(C)C)cc1NC(=O)c1csc(-c2ccc(Cl)cc2)n1. The first-order valence-corrected chi connectivity index (χ1v) is 11.1. The molecule has 0 radical (unpaired) electrons. The lowest BCUT2D eigenvalue weighted by atomic mass is 10.2. The van der Waals surface area contributed by atoms with Crippen molar-refractivity contribution >= 4 is 44.6 Å². The Hall–Kier alpha value is -2.46. The first-order chi connectivity index (χ1) is 13.7. The smallest absolute Gasteiger partial charge is 0.275 e. The maximum atomic E-state index is 12.7. The van der Waals surface area contributed by atoms with E-state index in [0.717, 1.165) is 9.87 Å². The van der Waals surface area contributed by atoms with Crippen LogP contribution in [0.3, 0.4) is 0 Å². The molecule has 152 valence electrons. The lowest BCUT2D eigenvalue weighted by Gasteiger charge is -2.14. The highest BCUT2D eigenvalue weighted by molar-refractivity contribution is 7.89. The Morgan fingerprint density at radius 1 is 1.17 bits per heavy atom. The number of sulfonamides is 1. The molecule has 0 bridgehead atoms. The van der Waals surface area contributed by atoms with E-state index in [2.05, 4.69) is 10.3 Å². The van der Waals surface area contributed by atoms with Crippen molar-refractivity contribution in [3.8, 4) is 16.3 Å². The molecule has 2 aromatic carbocycles.